The largest absolute Gasteiger partial charge is 0.388 e. The molecule has 3 heteroatoms. The Morgan fingerprint density at radius 2 is 1.57 bits per heavy atom. The number of hydrogen-bond donors (Lipinski definition) is 3. The van der Waals surface area contributed by atoms with Crippen LogP contribution in [-0.2, 0) is 0 Å². The van der Waals surface area contributed by atoms with Crippen LogP contribution in [0, 0.1) is 0 Å². The van der Waals surface area contributed by atoms with Crippen molar-refractivity contribution >= 4 is 0 Å². The summed E-state index contributed by atoms with van der Waals surface area (Å²) in [7, 11) is 0. The maximum absolute atomic E-state index is 9.71. The van der Waals surface area contributed by atoms with Gasteiger partial charge in [0.1, 0.15) is 12.2 Å². The summed E-state index contributed by atoms with van der Waals surface area (Å²) in [4.78, 5) is 0. The maximum Gasteiger partial charge on any atom is 0.112 e. The van der Waals surface area contributed by atoms with Gasteiger partial charge in [0.25, 0.3) is 0 Å². The highest BCUT2D eigenvalue weighted by atomic mass is 16.4. The summed E-state index contributed by atoms with van der Waals surface area (Å²) >= 11 is 0. The minimum atomic E-state index is -1.31. The van der Waals surface area contributed by atoms with Gasteiger partial charge in [-0.15, -0.1) is 0 Å². The van der Waals surface area contributed by atoms with E-state index in [-0.39, 0.29) is 0 Å². The monoisotopic (exact) mass is 196 g/mol. The van der Waals surface area contributed by atoms with E-state index in [1.807, 2.05) is 6.07 Å². The molecular weight excluding hydrogens is 180 g/mol. The standard InChI is InChI=1S/C11H16O3/c1-11(2,14)10(13)9(12)8-6-4-3-5-7-8/h3-7,9-10,12-14H,1-2H3. The summed E-state index contributed by atoms with van der Waals surface area (Å²) in [5.74, 6) is 0. The van der Waals surface area contributed by atoms with Gasteiger partial charge in [0, 0.05) is 0 Å². The Morgan fingerprint density at radius 3 is 2.00 bits per heavy atom. The predicted octanol–water partition coefficient (Wildman–Crippen LogP) is 0.852. The summed E-state index contributed by atoms with van der Waals surface area (Å²) in [5, 5.41) is 28.8. The van der Waals surface area contributed by atoms with Crippen molar-refractivity contribution in [2.75, 3.05) is 0 Å². The molecule has 0 heterocycles. The van der Waals surface area contributed by atoms with Crippen LogP contribution in [0.4, 0.5) is 0 Å². The molecule has 78 valence electrons. The molecule has 0 saturated heterocycles. The zero-order chi connectivity index (χ0) is 10.8. The highest BCUT2D eigenvalue weighted by Gasteiger charge is 2.31. The molecule has 2 unspecified atom stereocenters. The molecule has 0 aliphatic carbocycles. The normalized spacial score (nSPS) is 16.4. The van der Waals surface area contributed by atoms with Gasteiger partial charge in [-0.2, -0.15) is 0 Å². The van der Waals surface area contributed by atoms with Gasteiger partial charge in [-0.05, 0) is 19.4 Å². The van der Waals surface area contributed by atoms with E-state index in [1.165, 1.54) is 13.8 Å². The third kappa shape index (κ3) is 2.54. The van der Waals surface area contributed by atoms with Crippen molar-refractivity contribution in [2.45, 2.75) is 31.7 Å². The second-order valence-corrected chi connectivity index (χ2v) is 3.95. The summed E-state index contributed by atoms with van der Waals surface area (Å²) in [6, 6.07) is 8.79. The van der Waals surface area contributed by atoms with Crippen molar-refractivity contribution in [2.24, 2.45) is 0 Å². The highest BCUT2D eigenvalue weighted by Crippen LogP contribution is 2.23. The van der Waals surface area contributed by atoms with Crippen molar-refractivity contribution in [3.63, 3.8) is 0 Å². The molecule has 0 aromatic heterocycles. The quantitative estimate of drug-likeness (QED) is 0.671. The van der Waals surface area contributed by atoms with Crippen LogP contribution in [0.15, 0.2) is 30.3 Å². The minimum absolute atomic E-state index is 0.599. The van der Waals surface area contributed by atoms with Crippen LogP contribution in [0.25, 0.3) is 0 Å². The number of rotatable bonds is 3. The Labute approximate surface area is 83.6 Å². The van der Waals surface area contributed by atoms with Crippen LogP contribution >= 0.6 is 0 Å². The topological polar surface area (TPSA) is 60.7 Å². The lowest BCUT2D eigenvalue weighted by atomic mass is 9.93. The van der Waals surface area contributed by atoms with Gasteiger partial charge in [-0.3, -0.25) is 0 Å². The van der Waals surface area contributed by atoms with E-state index in [0.717, 1.165) is 0 Å². The SMILES string of the molecule is CC(C)(O)C(O)C(O)c1ccccc1. The fourth-order valence-electron chi connectivity index (χ4n) is 1.22. The first-order valence-electron chi connectivity index (χ1n) is 4.56. The van der Waals surface area contributed by atoms with Gasteiger partial charge < -0.3 is 15.3 Å². The third-order valence-corrected chi connectivity index (χ3v) is 2.16. The molecular formula is C11H16O3. The second-order valence-electron chi connectivity index (χ2n) is 3.95. The zero-order valence-electron chi connectivity index (χ0n) is 8.38. The van der Waals surface area contributed by atoms with Crippen LogP contribution in [0.2, 0.25) is 0 Å². The van der Waals surface area contributed by atoms with Crippen molar-refractivity contribution in [3.8, 4) is 0 Å². The predicted molar refractivity (Wildman–Crippen MR) is 53.7 cm³/mol. The molecule has 1 aromatic carbocycles. The lowest BCUT2D eigenvalue weighted by Crippen LogP contribution is -2.40. The van der Waals surface area contributed by atoms with E-state index in [0.29, 0.717) is 5.56 Å². The van der Waals surface area contributed by atoms with E-state index in [2.05, 4.69) is 0 Å². The average molecular weight is 196 g/mol. The van der Waals surface area contributed by atoms with E-state index in [4.69, 9.17) is 0 Å². The first-order valence-corrected chi connectivity index (χ1v) is 4.56. The molecule has 1 rings (SSSR count). The zero-order valence-corrected chi connectivity index (χ0v) is 8.38. The van der Waals surface area contributed by atoms with E-state index < -0.39 is 17.8 Å². The van der Waals surface area contributed by atoms with E-state index in [9.17, 15) is 15.3 Å². The fraction of sp³-hybridized carbons (Fsp3) is 0.455. The van der Waals surface area contributed by atoms with Gasteiger partial charge in [-0.1, -0.05) is 30.3 Å². The van der Waals surface area contributed by atoms with Crippen LogP contribution in [0.1, 0.15) is 25.5 Å². The molecule has 2 atom stereocenters. The van der Waals surface area contributed by atoms with E-state index in [1.54, 1.807) is 24.3 Å². The average Bonchev–Trinajstić information content (AvgIpc) is 2.15. The molecule has 3 N–H and O–H groups in total. The molecule has 1 aromatic rings. The summed E-state index contributed by atoms with van der Waals surface area (Å²) in [5.41, 5.74) is -0.711. The molecule has 0 radical (unpaired) electrons. The lowest BCUT2D eigenvalue weighted by molar-refractivity contribution is -0.107. The van der Waals surface area contributed by atoms with Crippen LogP contribution < -0.4 is 0 Å². The van der Waals surface area contributed by atoms with Crippen molar-refractivity contribution in [1.82, 2.24) is 0 Å². The maximum atomic E-state index is 9.71. The Hall–Kier alpha value is -0.900. The molecule has 3 nitrogen and oxygen atoms in total. The fourth-order valence-corrected chi connectivity index (χ4v) is 1.22. The Morgan fingerprint density at radius 1 is 1.07 bits per heavy atom. The van der Waals surface area contributed by atoms with Gasteiger partial charge in [0.05, 0.1) is 5.60 Å². The minimum Gasteiger partial charge on any atom is -0.388 e. The Balaban J connectivity index is 2.81. The first kappa shape index (κ1) is 11.2. The summed E-state index contributed by atoms with van der Waals surface area (Å²) in [6.07, 6.45) is -2.25. The smallest absolute Gasteiger partial charge is 0.112 e. The van der Waals surface area contributed by atoms with Gasteiger partial charge in [0.2, 0.25) is 0 Å². The number of hydrogen-bond acceptors (Lipinski definition) is 3. The summed E-state index contributed by atoms with van der Waals surface area (Å²) in [6.45, 7) is 2.92. The van der Waals surface area contributed by atoms with Crippen LogP contribution in [-0.4, -0.2) is 27.0 Å². The molecule has 0 spiro atoms. The van der Waals surface area contributed by atoms with Crippen molar-refractivity contribution in [1.29, 1.82) is 0 Å². The molecule has 0 bridgehead atoms. The molecule has 0 aliphatic heterocycles. The third-order valence-electron chi connectivity index (χ3n) is 2.16. The molecule has 0 fully saturated rings. The molecule has 0 aliphatic rings. The Bertz CT molecular complexity index is 276. The summed E-state index contributed by atoms with van der Waals surface area (Å²) < 4.78 is 0. The Kier molecular flexibility index (Phi) is 3.26. The van der Waals surface area contributed by atoms with Crippen LogP contribution in [0.5, 0.6) is 0 Å². The van der Waals surface area contributed by atoms with Crippen LogP contribution in [0.3, 0.4) is 0 Å². The van der Waals surface area contributed by atoms with E-state index >= 15 is 0 Å². The van der Waals surface area contributed by atoms with Gasteiger partial charge >= 0.3 is 0 Å². The second kappa shape index (κ2) is 4.09. The number of aliphatic hydroxyl groups is 3. The van der Waals surface area contributed by atoms with Crippen molar-refractivity contribution < 1.29 is 15.3 Å². The van der Waals surface area contributed by atoms with Crippen molar-refractivity contribution in [3.05, 3.63) is 35.9 Å². The number of benzene rings is 1. The molecule has 0 amide bonds. The number of aliphatic hydroxyl groups excluding tert-OH is 2. The molecule has 0 saturated carbocycles. The highest BCUT2D eigenvalue weighted by molar-refractivity contribution is 5.19. The first-order chi connectivity index (χ1) is 6.43. The van der Waals surface area contributed by atoms with Gasteiger partial charge in [-0.25, -0.2) is 0 Å². The van der Waals surface area contributed by atoms with Gasteiger partial charge in [0.15, 0.2) is 0 Å². The lowest BCUT2D eigenvalue weighted by Gasteiger charge is -2.28. The molecule has 14 heavy (non-hydrogen) atoms.